The summed E-state index contributed by atoms with van der Waals surface area (Å²) in [4.78, 5) is 13.7. The van der Waals surface area contributed by atoms with Crippen LogP contribution in [0.25, 0.3) is 0 Å². The predicted octanol–water partition coefficient (Wildman–Crippen LogP) is 2.31. The molecule has 1 amide bonds. The standard InChI is InChI=1S/C18H25FN2O/c1-13-8-9-16(15(19)11-13)20-18(22)12-21-10-4-6-14-5-2-3-7-17(14)21/h8-9,11,14,17H,2-7,10,12H2,1H3,(H,20,22)/p+1/t14-,17-/m0/s1. The van der Waals surface area contributed by atoms with E-state index in [-0.39, 0.29) is 11.7 Å². The summed E-state index contributed by atoms with van der Waals surface area (Å²) in [6, 6.07) is 5.57. The van der Waals surface area contributed by atoms with Gasteiger partial charge in [-0.05, 0) is 56.7 Å². The third kappa shape index (κ3) is 3.49. The normalized spacial score (nSPS) is 28.0. The molecule has 0 bridgehead atoms. The first kappa shape index (κ1) is 15.5. The molecular formula is C18H26FN2O+. The maximum atomic E-state index is 13.8. The van der Waals surface area contributed by atoms with E-state index in [0.29, 0.717) is 18.3 Å². The van der Waals surface area contributed by atoms with Crippen LogP contribution >= 0.6 is 0 Å². The Hall–Kier alpha value is -1.42. The Morgan fingerprint density at radius 1 is 1.27 bits per heavy atom. The molecule has 0 aromatic heterocycles. The Morgan fingerprint density at radius 3 is 2.86 bits per heavy atom. The number of rotatable bonds is 3. The molecule has 1 saturated carbocycles. The van der Waals surface area contributed by atoms with Gasteiger partial charge in [-0.25, -0.2) is 4.39 Å². The minimum absolute atomic E-state index is 0.0658. The van der Waals surface area contributed by atoms with Crippen molar-refractivity contribution >= 4 is 11.6 Å². The molecule has 120 valence electrons. The molecule has 1 aromatic carbocycles. The van der Waals surface area contributed by atoms with E-state index < -0.39 is 0 Å². The molecule has 0 radical (unpaired) electrons. The zero-order valence-corrected chi connectivity index (χ0v) is 13.3. The van der Waals surface area contributed by atoms with Crippen LogP contribution in [0.15, 0.2) is 18.2 Å². The van der Waals surface area contributed by atoms with Gasteiger partial charge in [0.05, 0.1) is 18.3 Å². The van der Waals surface area contributed by atoms with E-state index in [2.05, 4.69) is 5.32 Å². The molecule has 1 saturated heterocycles. The molecule has 22 heavy (non-hydrogen) atoms. The lowest BCUT2D eigenvalue weighted by Crippen LogP contribution is -3.18. The molecular weight excluding hydrogens is 279 g/mol. The van der Waals surface area contributed by atoms with Crippen LogP contribution in [0.4, 0.5) is 10.1 Å². The maximum Gasteiger partial charge on any atom is 0.279 e. The number of benzene rings is 1. The number of likely N-dealkylation sites (tertiary alicyclic amines) is 1. The van der Waals surface area contributed by atoms with Crippen molar-refractivity contribution in [1.29, 1.82) is 0 Å². The first-order valence-electron chi connectivity index (χ1n) is 8.54. The van der Waals surface area contributed by atoms with Crippen molar-refractivity contribution in [3.8, 4) is 0 Å². The van der Waals surface area contributed by atoms with Crippen LogP contribution in [0.2, 0.25) is 0 Å². The number of piperidine rings is 1. The van der Waals surface area contributed by atoms with Crippen LogP contribution in [0.3, 0.4) is 0 Å². The van der Waals surface area contributed by atoms with Gasteiger partial charge in [0, 0.05) is 5.92 Å². The molecule has 3 nitrogen and oxygen atoms in total. The average molecular weight is 305 g/mol. The first-order chi connectivity index (χ1) is 10.6. The summed E-state index contributed by atoms with van der Waals surface area (Å²) in [5, 5.41) is 2.75. The number of aryl methyl sites for hydroxylation is 1. The molecule has 1 unspecified atom stereocenters. The molecule has 1 aromatic rings. The Labute approximate surface area is 131 Å². The Balaban J connectivity index is 1.61. The number of hydrogen-bond acceptors (Lipinski definition) is 1. The molecule has 3 atom stereocenters. The average Bonchev–Trinajstić information content (AvgIpc) is 2.50. The molecule has 2 N–H and O–H groups in total. The second kappa shape index (κ2) is 6.78. The van der Waals surface area contributed by atoms with Gasteiger partial charge in [-0.1, -0.05) is 12.5 Å². The highest BCUT2D eigenvalue weighted by atomic mass is 19.1. The van der Waals surface area contributed by atoms with Crippen molar-refractivity contribution in [2.75, 3.05) is 18.4 Å². The van der Waals surface area contributed by atoms with Gasteiger partial charge in [0.15, 0.2) is 6.54 Å². The smallest absolute Gasteiger partial charge is 0.279 e. The lowest BCUT2D eigenvalue weighted by atomic mass is 9.78. The van der Waals surface area contributed by atoms with Gasteiger partial charge < -0.3 is 10.2 Å². The highest BCUT2D eigenvalue weighted by molar-refractivity contribution is 5.91. The van der Waals surface area contributed by atoms with Crippen LogP contribution < -0.4 is 10.2 Å². The van der Waals surface area contributed by atoms with E-state index in [9.17, 15) is 9.18 Å². The fourth-order valence-corrected chi connectivity index (χ4v) is 4.21. The number of anilines is 1. The van der Waals surface area contributed by atoms with Crippen molar-refractivity contribution in [1.82, 2.24) is 0 Å². The third-order valence-electron chi connectivity index (χ3n) is 5.29. The number of fused-ring (bicyclic) bond motifs is 1. The fraction of sp³-hybridized carbons (Fsp3) is 0.611. The topological polar surface area (TPSA) is 33.5 Å². The molecule has 0 spiro atoms. The summed E-state index contributed by atoms with van der Waals surface area (Å²) in [5.41, 5.74) is 1.16. The van der Waals surface area contributed by atoms with E-state index in [1.165, 1.54) is 49.5 Å². The second-order valence-electron chi connectivity index (χ2n) is 6.91. The summed E-state index contributed by atoms with van der Waals surface area (Å²) >= 11 is 0. The monoisotopic (exact) mass is 305 g/mol. The van der Waals surface area contributed by atoms with Crippen molar-refractivity contribution in [3.05, 3.63) is 29.6 Å². The molecule has 1 aliphatic heterocycles. The molecule has 1 aliphatic carbocycles. The summed E-state index contributed by atoms with van der Waals surface area (Å²) in [7, 11) is 0. The van der Waals surface area contributed by atoms with E-state index in [4.69, 9.17) is 0 Å². The maximum absolute atomic E-state index is 13.8. The fourth-order valence-electron chi connectivity index (χ4n) is 4.21. The van der Waals surface area contributed by atoms with Gasteiger partial charge in [0.25, 0.3) is 5.91 Å². The van der Waals surface area contributed by atoms with E-state index in [1.54, 1.807) is 6.07 Å². The number of carbonyl (C=O) groups excluding carboxylic acids is 1. The lowest BCUT2D eigenvalue weighted by molar-refractivity contribution is -0.928. The van der Waals surface area contributed by atoms with E-state index in [0.717, 1.165) is 18.0 Å². The molecule has 1 heterocycles. The summed E-state index contributed by atoms with van der Waals surface area (Å²) in [5.74, 6) is 0.378. The van der Waals surface area contributed by atoms with Gasteiger partial charge in [-0.15, -0.1) is 0 Å². The van der Waals surface area contributed by atoms with Gasteiger partial charge in [0.1, 0.15) is 5.82 Å². The number of quaternary nitrogens is 1. The SMILES string of the molecule is Cc1ccc(NC(=O)C[NH+]2CCC[C@@H]3CCCC[C@@H]32)c(F)c1. The highest BCUT2D eigenvalue weighted by Crippen LogP contribution is 2.28. The largest absolute Gasteiger partial charge is 0.324 e. The van der Waals surface area contributed by atoms with Crippen molar-refractivity contribution in [2.24, 2.45) is 5.92 Å². The zero-order valence-electron chi connectivity index (χ0n) is 13.3. The van der Waals surface area contributed by atoms with Crippen LogP contribution in [-0.4, -0.2) is 25.0 Å². The molecule has 2 aliphatic rings. The number of nitrogens with one attached hydrogen (secondary N) is 2. The number of halogens is 1. The molecule has 2 fully saturated rings. The third-order valence-corrected chi connectivity index (χ3v) is 5.29. The van der Waals surface area contributed by atoms with Gasteiger partial charge >= 0.3 is 0 Å². The van der Waals surface area contributed by atoms with Crippen molar-refractivity contribution in [3.63, 3.8) is 0 Å². The van der Waals surface area contributed by atoms with Gasteiger partial charge in [-0.3, -0.25) is 4.79 Å². The van der Waals surface area contributed by atoms with E-state index >= 15 is 0 Å². The van der Waals surface area contributed by atoms with Crippen LogP contribution in [-0.2, 0) is 4.79 Å². The molecule has 4 heteroatoms. The Bertz CT molecular complexity index is 544. The Morgan fingerprint density at radius 2 is 2.05 bits per heavy atom. The summed E-state index contributed by atoms with van der Waals surface area (Å²) < 4.78 is 13.8. The van der Waals surface area contributed by atoms with Crippen molar-refractivity contribution < 1.29 is 14.1 Å². The number of carbonyl (C=O) groups is 1. The van der Waals surface area contributed by atoms with Gasteiger partial charge in [0.2, 0.25) is 0 Å². The van der Waals surface area contributed by atoms with Crippen LogP contribution in [0.5, 0.6) is 0 Å². The van der Waals surface area contributed by atoms with E-state index in [1.807, 2.05) is 13.0 Å². The Kier molecular flexibility index (Phi) is 4.77. The van der Waals surface area contributed by atoms with Crippen molar-refractivity contribution in [2.45, 2.75) is 51.5 Å². The quantitative estimate of drug-likeness (QED) is 0.883. The number of hydrogen-bond donors (Lipinski definition) is 2. The van der Waals surface area contributed by atoms with Crippen LogP contribution in [0.1, 0.15) is 44.1 Å². The second-order valence-corrected chi connectivity index (χ2v) is 6.91. The van der Waals surface area contributed by atoms with Crippen LogP contribution in [0, 0.1) is 18.7 Å². The predicted molar refractivity (Wildman–Crippen MR) is 85.4 cm³/mol. The molecule has 3 rings (SSSR count). The first-order valence-corrected chi connectivity index (χ1v) is 8.54. The zero-order chi connectivity index (χ0) is 15.5. The highest BCUT2D eigenvalue weighted by Gasteiger charge is 2.37. The summed E-state index contributed by atoms with van der Waals surface area (Å²) in [6.07, 6.45) is 7.73. The van der Waals surface area contributed by atoms with Gasteiger partial charge in [-0.2, -0.15) is 0 Å². The lowest BCUT2D eigenvalue weighted by Gasteiger charge is -2.40. The number of amides is 1. The minimum Gasteiger partial charge on any atom is -0.324 e. The minimum atomic E-state index is -0.350. The summed E-state index contributed by atoms with van der Waals surface area (Å²) in [6.45, 7) is 3.38.